The Balaban J connectivity index is 2.01. The summed E-state index contributed by atoms with van der Waals surface area (Å²) in [6.07, 6.45) is 1.89. The van der Waals surface area contributed by atoms with Gasteiger partial charge in [0.05, 0.1) is 5.69 Å². The maximum absolute atomic E-state index is 6.30. The Morgan fingerprint density at radius 1 is 0.963 bits per heavy atom. The molecule has 0 bridgehead atoms. The third-order valence-corrected chi connectivity index (χ3v) is 5.19. The molecule has 27 heavy (non-hydrogen) atoms. The Hall–Kier alpha value is -2.68. The SMILES string of the molecule is Cc1ccc2c(oc3nc(C(C)(C)C)ccc32)c1-c1cc(C(C)C)ccn1. The fraction of sp³-hybridized carbons (Fsp3) is 0.333. The van der Waals surface area contributed by atoms with Crippen LogP contribution in [0.4, 0.5) is 0 Å². The minimum absolute atomic E-state index is 0.0148. The van der Waals surface area contributed by atoms with E-state index in [1.807, 2.05) is 6.20 Å². The van der Waals surface area contributed by atoms with E-state index in [0.717, 1.165) is 38.9 Å². The van der Waals surface area contributed by atoms with Crippen molar-refractivity contribution in [3.63, 3.8) is 0 Å². The lowest BCUT2D eigenvalue weighted by molar-refractivity contribution is 0.562. The molecule has 138 valence electrons. The summed E-state index contributed by atoms with van der Waals surface area (Å²) >= 11 is 0. The molecule has 0 atom stereocenters. The average molecular weight is 358 g/mol. The average Bonchev–Trinajstić information content (AvgIpc) is 2.98. The van der Waals surface area contributed by atoms with Crippen molar-refractivity contribution in [2.75, 3.05) is 0 Å². The standard InChI is InChI=1S/C24H26N2O/c1-14(2)16-11-12-25-19(13-16)21-15(3)7-8-17-18-9-10-20(24(4,5)6)26-23(18)27-22(17)21/h7-14H,1-6H3. The number of aromatic nitrogens is 2. The van der Waals surface area contributed by atoms with Gasteiger partial charge in [-0.25, -0.2) is 4.98 Å². The first-order chi connectivity index (χ1) is 12.8. The van der Waals surface area contributed by atoms with Crippen LogP contribution in [0.1, 0.15) is 57.4 Å². The molecule has 0 N–H and O–H groups in total. The normalized spacial score (nSPS) is 12.4. The van der Waals surface area contributed by atoms with Crippen molar-refractivity contribution in [2.45, 2.75) is 52.9 Å². The van der Waals surface area contributed by atoms with Crippen LogP contribution in [0.15, 0.2) is 47.0 Å². The van der Waals surface area contributed by atoms with Crippen LogP contribution in [0, 0.1) is 6.92 Å². The quantitative estimate of drug-likeness (QED) is 0.397. The van der Waals surface area contributed by atoms with Crippen molar-refractivity contribution >= 4 is 22.1 Å². The van der Waals surface area contributed by atoms with E-state index in [4.69, 9.17) is 9.40 Å². The molecule has 3 heteroatoms. The molecule has 4 aromatic rings. The van der Waals surface area contributed by atoms with Crippen LogP contribution in [0.3, 0.4) is 0 Å². The first kappa shape index (κ1) is 17.7. The van der Waals surface area contributed by atoms with Gasteiger partial charge in [0, 0.05) is 33.6 Å². The number of benzene rings is 1. The number of hydrogen-bond acceptors (Lipinski definition) is 3. The highest BCUT2D eigenvalue weighted by molar-refractivity contribution is 6.09. The van der Waals surface area contributed by atoms with Crippen molar-refractivity contribution in [3.05, 3.63) is 59.4 Å². The monoisotopic (exact) mass is 358 g/mol. The zero-order valence-electron chi connectivity index (χ0n) is 16.9. The van der Waals surface area contributed by atoms with Gasteiger partial charge in [-0.05, 0) is 48.2 Å². The fourth-order valence-electron chi connectivity index (χ4n) is 3.50. The number of furan rings is 1. The summed E-state index contributed by atoms with van der Waals surface area (Å²) < 4.78 is 6.30. The Morgan fingerprint density at radius 3 is 2.41 bits per heavy atom. The first-order valence-corrected chi connectivity index (χ1v) is 9.55. The molecule has 0 saturated heterocycles. The van der Waals surface area contributed by atoms with Gasteiger partial charge in [-0.15, -0.1) is 0 Å². The summed E-state index contributed by atoms with van der Waals surface area (Å²) in [6, 6.07) is 12.8. The Kier molecular flexibility index (Phi) is 4.06. The van der Waals surface area contributed by atoms with Gasteiger partial charge in [0.2, 0.25) is 5.71 Å². The van der Waals surface area contributed by atoms with Crippen molar-refractivity contribution in [1.29, 1.82) is 0 Å². The molecule has 0 radical (unpaired) electrons. The second-order valence-electron chi connectivity index (χ2n) is 8.66. The lowest BCUT2D eigenvalue weighted by Gasteiger charge is -2.16. The fourth-order valence-corrected chi connectivity index (χ4v) is 3.50. The van der Waals surface area contributed by atoms with Crippen LogP contribution in [-0.2, 0) is 5.41 Å². The minimum atomic E-state index is -0.0148. The van der Waals surface area contributed by atoms with Crippen LogP contribution in [0.2, 0.25) is 0 Å². The van der Waals surface area contributed by atoms with E-state index in [9.17, 15) is 0 Å². The van der Waals surface area contributed by atoms with Crippen LogP contribution in [0.5, 0.6) is 0 Å². The summed E-state index contributed by atoms with van der Waals surface area (Å²) in [5.41, 5.74) is 7.05. The Morgan fingerprint density at radius 2 is 1.70 bits per heavy atom. The van der Waals surface area contributed by atoms with E-state index in [1.54, 1.807) is 0 Å². The highest BCUT2D eigenvalue weighted by Crippen LogP contribution is 2.38. The molecular formula is C24H26N2O. The molecule has 3 nitrogen and oxygen atoms in total. The maximum atomic E-state index is 6.30. The predicted molar refractivity (Wildman–Crippen MR) is 112 cm³/mol. The zero-order chi connectivity index (χ0) is 19.3. The Labute approximate surface area is 160 Å². The molecule has 4 rings (SSSR count). The van der Waals surface area contributed by atoms with Gasteiger partial charge in [-0.2, -0.15) is 0 Å². The lowest BCUT2D eigenvalue weighted by Crippen LogP contribution is -2.12. The molecule has 0 saturated carbocycles. The van der Waals surface area contributed by atoms with Gasteiger partial charge < -0.3 is 4.42 Å². The molecule has 0 amide bonds. The molecule has 3 aromatic heterocycles. The molecule has 0 spiro atoms. The van der Waals surface area contributed by atoms with Gasteiger partial charge in [-0.1, -0.05) is 46.8 Å². The van der Waals surface area contributed by atoms with Crippen LogP contribution in [-0.4, -0.2) is 9.97 Å². The molecule has 0 aliphatic rings. The van der Waals surface area contributed by atoms with E-state index in [-0.39, 0.29) is 5.41 Å². The number of nitrogens with zero attached hydrogens (tertiary/aromatic N) is 2. The van der Waals surface area contributed by atoms with E-state index >= 15 is 0 Å². The number of rotatable bonds is 2. The molecular weight excluding hydrogens is 332 g/mol. The number of pyridine rings is 2. The van der Waals surface area contributed by atoms with Crippen LogP contribution in [0.25, 0.3) is 33.3 Å². The second kappa shape index (κ2) is 6.19. The summed E-state index contributed by atoms with van der Waals surface area (Å²) in [5, 5.41) is 2.15. The van der Waals surface area contributed by atoms with Crippen LogP contribution < -0.4 is 0 Å². The predicted octanol–water partition coefficient (Wildman–Crippen LogP) is 6.77. The summed E-state index contributed by atoms with van der Waals surface area (Å²) in [6.45, 7) is 13.0. The molecule has 3 heterocycles. The summed E-state index contributed by atoms with van der Waals surface area (Å²) in [4.78, 5) is 9.46. The van der Waals surface area contributed by atoms with Gasteiger partial charge in [-0.3, -0.25) is 4.98 Å². The maximum Gasteiger partial charge on any atom is 0.227 e. The Bertz CT molecular complexity index is 1150. The molecule has 1 aromatic carbocycles. The summed E-state index contributed by atoms with van der Waals surface area (Å²) in [5.74, 6) is 0.456. The molecule has 0 fully saturated rings. The minimum Gasteiger partial charge on any atom is -0.437 e. The molecule has 0 aliphatic carbocycles. The lowest BCUT2D eigenvalue weighted by atomic mass is 9.91. The van der Waals surface area contributed by atoms with E-state index in [0.29, 0.717) is 11.6 Å². The number of hydrogen-bond donors (Lipinski definition) is 0. The van der Waals surface area contributed by atoms with Crippen molar-refractivity contribution in [3.8, 4) is 11.3 Å². The number of fused-ring (bicyclic) bond motifs is 3. The molecule has 0 unspecified atom stereocenters. The molecule has 0 aliphatic heterocycles. The topological polar surface area (TPSA) is 38.9 Å². The van der Waals surface area contributed by atoms with Gasteiger partial charge in [0.25, 0.3) is 0 Å². The highest BCUT2D eigenvalue weighted by Gasteiger charge is 2.20. The van der Waals surface area contributed by atoms with Gasteiger partial charge >= 0.3 is 0 Å². The van der Waals surface area contributed by atoms with E-state index < -0.39 is 0 Å². The van der Waals surface area contributed by atoms with Gasteiger partial charge in [0.1, 0.15) is 5.58 Å². The second-order valence-corrected chi connectivity index (χ2v) is 8.66. The van der Waals surface area contributed by atoms with Crippen molar-refractivity contribution in [2.24, 2.45) is 0 Å². The summed E-state index contributed by atoms with van der Waals surface area (Å²) in [7, 11) is 0. The largest absolute Gasteiger partial charge is 0.437 e. The third kappa shape index (κ3) is 3.01. The van der Waals surface area contributed by atoms with Crippen molar-refractivity contribution in [1.82, 2.24) is 9.97 Å². The zero-order valence-corrected chi connectivity index (χ0v) is 16.9. The van der Waals surface area contributed by atoms with Crippen LogP contribution >= 0.6 is 0 Å². The smallest absolute Gasteiger partial charge is 0.227 e. The van der Waals surface area contributed by atoms with E-state index in [2.05, 4.69) is 82.9 Å². The van der Waals surface area contributed by atoms with Crippen molar-refractivity contribution < 1.29 is 4.42 Å². The van der Waals surface area contributed by atoms with Gasteiger partial charge in [0.15, 0.2) is 0 Å². The highest BCUT2D eigenvalue weighted by atomic mass is 16.3. The van der Waals surface area contributed by atoms with E-state index in [1.165, 1.54) is 5.56 Å². The number of aryl methyl sites for hydroxylation is 1. The first-order valence-electron chi connectivity index (χ1n) is 9.55. The third-order valence-electron chi connectivity index (χ3n) is 5.19.